The lowest BCUT2D eigenvalue weighted by atomic mass is 9.99. The van der Waals surface area contributed by atoms with Crippen LogP contribution in [0.5, 0.6) is 0 Å². The van der Waals surface area contributed by atoms with Gasteiger partial charge in [-0.3, -0.25) is 29.7 Å². The molecule has 2 rings (SSSR count). The molecule has 184 valence electrons. The fraction of sp³-hybridized carbons (Fsp3) is 0.417. The predicted molar refractivity (Wildman–Crippen MR) is 128 cm³/mol. The van der Waals surface area contributed by atoms with Gasteiger partial charge < -0.3 is 16.4 Å². The van der Waals surface area contributed by atoms with Gasteiger partial charge in [0.15, 0.2) is 0 Å². The minimum absolute atomic E-state index is 0.114. The van der Waals surface area contributed by atoms with Gasteiger partial charge in [0.05, 0.1) is 12.6 Å². The van der Waals surface area contributed by atoms with E-state index < -0.39 is 41.8 Å². The third kappa shape index (κ3) is 8.13. The average molecular weight is 472 g/mol. The van der Waals surface area contributed by atoms with E-state index in [4.69, 9.17) is 10.9 Å². The molecule has 10 nitrogen and oxygen atoms in total. The van der Waals surface area contributed by atoms with Crippen molar-refractivity contribution in [1.29, 1.82) is 0 Å². The van der Waals surface area contributed by atoms with E-state index in [1.807, 2.05) is 56.3 Å². The molecule has 34 heavy (non-hydrogen) atoms. The van der Waals surface area contributed by atoms with Crippen LogP contribution in [0.4, 0.5) is 0 Å². The van der Waals surface area contributed by atoms with Crippen molar-refractivity contribution >= 4 is 34.4 Å². The van der Waals surface area contributed by atoms with Gasteiger partial charge in [-0.15, -0.1) is 0 Å². The van der Waals surface area contributed by atoms with Crippen LogP contribution >= 0.6 is 0 Å². The van der Waals surface area contributed by atoms with Crippen molar-refractivity contribution in [2.75, 3.05) is 6.54 Å². The first-order valence-electron chi connectivity index (χ1n) is 11.1. The van der Waals surface area contributed by atoms with Gasteiger partial charge in [0.2, 0.25) is 17.7 Å². The molecule has 0 radical (unpaired) electrons. The number of hydrogen-bond acceptors (Lipinski definition) is 6. The number of hydrogen-bond donors (Lipinski definition) is 6. The molecule has 0 bridgehead atoms. The van der Waals surface area contributed by atoms with Crippen LogP contribution in [0.2, 0.25) is 0 Å². The molecule has 0 saturated heterocycles. The Labute approximate surface area is 198 Å². The first-order chi connectivity index (χ1) is 16.1. The Morgan fingerprint density at radius 3 is 2.18 bits per heavy atom. The number of carbonyl (C=O) groups excluding carboxylic acids is 4. The molecule has 0 aliphatic rings. The minimum Gasteiger partial charge on any atom is -0.368 e. The van der Waals surface area contributed by atoms with Crippen LogP contribution in [0.1, 0.15) is 32.8 Å². The Balaban J connectivity index is 2.25. The van der Waals surface area contributed by atoms with E-state index >= 15 is 0 Å². The number of rotatable bonds is 12. The van der Waals surface area contributed by atoms with Crippen LogP contribution in [0.25, 0.3) is 10.8 Å². The van der Waals surface area contributed by atoms with Crippen LogP contribution in [0.15, 0.2) is 42.5 Å². The first-order valence-corrected chi connectivity index (χ1v) is 11.1. The van der Waals surface area contributed by atoms with Gasteiger partial charge in [-0.2, -0.15) is 0 Å². The second-order valence-corrected chi connectivity index (χ2v) is 8.68. The first kappa shape index (κ1) is 26.7. The summed E-state index contributed by atoms with van der Waals surface area (Å²) in [6.07, 6.45) is 0.575. The molecule has 0 aromatic heterocycles. The third-order valence-corrected chi connectivity index (χ3v) is 5.33. The van der Waals surface area contributed by atoms with E-state index in [1.54, 1.807) is 0 Å². The largest absolute Gasteiger partial charge is 0.368 e. The molecule has 2 aromatic rings. The minimum atomic E-state index is -0.987. The monoisotopic (exact) mass is 471 g/mol. The van der Waals surface area contributed by atoms with Gasteiger partial charge in [0.1, 0.15) is 12.1 Å². The number of fused-ring (bicyclic) bond motifs is 1. The Morgan fingerprint density at radius 2 is 1.56 bits per heavy atom. The molecule has 2 aromatic carbocycles. The van der Waals surface area contributed by atoms with Crippen LogP contribution in [0.3, 0.4) is 0 Å². The quantitative estimate of drug-likeness (QED) is 0.193. The summed E-state index contributed by atoms with van der Waals surface area (Å²) >= 11 is 0. The molecule has 0 saturated carbocycles. The Kier molecular flexibility index (Phi) is 9.96. The lowest BCUT2D eigenvalue weighted by Gasteiger charge is -2.25. The van der Waals surface area contributed by atoms with E-state index in [0.717, 1.165) is 16.3 Å². The lowest BCUT2D eigenvalue weighted by molar-refractivity contribution is -0.132. The topological polar surface area (TPSA) is 163 Å². The molecule has 0 aliphatic heterocycles. The molecule has 3 atom stereocenters. The number of amides is 4. The summed E-state index contributed by atoms with van der Waals surface area (Å²) in [7, 11) is 0. The molecule has 0 aliphatic carbocycles. The third-order valence-electron chi connectivity index (χ3n) is 5.33. The van der Waals surface area contributed by atoms with Crippen LogP contribution in [-0.2, 0) is 25.6 Å². The Bertz CT molecular complexity index is 1030. The van der Waals surface area contributed by atoms with Gasteiger partial charge in [-0.25, -0.2) is 5.48 Å². The molecular formula is C24H33N5O5. The van der Waals surface area contributed by atoms with Gasteiger partial charge in [0.25, 0.3) is 5.91 Å². The zero-order chi connectivity index (χ0) is 25.3. The van der Waals surface area contributed by atoms with Gasteiger partial charge in [-0.05, 0) is 35.6 Å². The molecular weight excluding hydrogens is 438 g/mol. The summed E-state index contributed by atoms with van der Waals surface area (Å²) in [5.74, 6) is -2.31. The highest BCUT2D eigenvalue weighted by Crippen LogP contribution is 2.17. The number of nitrogens with two attached hydrogens (primary N) is 1. The van der Waals surface area contributed by atoms with Crippen molar-refractivity contribution in [2.45, 2.75) is 51.7 Å². The number of benzene rings is 2. The van der Waals surface area contributed by atoms with E-state index in [0.29, 0.717) is 6.42 Å². The van der Waals surface area contributed by atoms with Crippen LogP contribution in [-0.4, -0.2) is 53.5 Å². The van der Waals surface area contributed by atoms with Crippen molar-refractivity contribution in [1.82, 2.24) is 21.4 Å². The summed E-state index contributed by atoms with van der Waals surface area (Å²) in [4.78, 5) is 48.9. The molecule has 0 heterocycles. The summed E-state index contributed by atoms with van der Waals surface area (Å²) in [5, 5.41) is 18.8. The van der Waals surface area contributed by atoms with E-state index in [1.165, 1.54) is 12.4 Å². The van der Waals surface area contributed by atoms with Gasteiger partial charge in [-0.1, -0.05) is 56.3 Å². The SMILES string of the molecule is CC(C)CC(NCC(=O)NO)C(=O)NC(Cc1ccc2ccccc2c1)C(=O)NC(C)C(N)=O. The lowest BCUT2D eigenvalue weighted by Crippen LogP contribution is -2.56. The second-order valence-electron chi connectivity index (χ2n) is 8.68. The van der Waals surface area contributed by atoms with Crippen molar-refractivity contribution in [3.8, 4) is 0 Å². The fourth-order valence-corrected chi connectivity index (χ4v) is 3.48. The molecule has 3 unspecified atom stereocenters. The molecule has 10 heteroatoms. The number of primary amides is 1. The highest BCUT2D eigenvalue weighted by molar-refractivity contribution is 5.93. The molecule has 0 spiro atoms. The Hall–Kier alpha value is -3.50. The van der Waals surface area contributed by atoms with Crippen LogP contribution < -0.4 is 27.2 Å². The zero-order valence-electron chi connectivity index (χ0n) is 19.6. The number of carbonyl (C=O) groups is 4. The standard InChI is InChI=1S/C24H33N5O5/c1-14(2)10-19(26-13-21(30)29-34)23(32)28-20(24(33)27-15(3)22(25)31)12-16-8-9-17-6-4-5-7-18(17)11-16/h4-9,11,14-15,19-20,26,34H,10,12-13H2,1-3H3,(H2,25,31)(H,27,33)(H,28,32)(H,29,30). The highest BCUT2D eigenvalue weighted by atomic mass is 16.5. The maximum Gasteiger partial charge on any atom is 0.257 e. The summed E-state index contributed by atoms with van der Waals surface area (Å²) in [6, 6.07) is 10.8. The van der Waals surface area contributed by atoms with Gasteiger partial charge >= 0.3 is 0 Å². The molecule has 7 N–H and O–H groups in total. The Morgan fingerprint density at radius 1 is 0.912 bits per heavy atom. The summed E-state index contributed by atoms with van der Waals surface area (Å²) in [5.41, 5.74) is 7.60. The smallest absolute Gasteiger partial charge is 0.257 e. The number of nitrogens with one attached hydrogen (secondary N) is 4. The van der Waals surface area contributed by atoms with Crippen molar-refractivity contribution in [3.63, 3.8) is 0 Å². The normalized spacial score (nSPS) is 13.7. The number of hydroxylamine groups is 1. The summed E-state index contributed by atoms with van der Waals surface area (Å²) in [6.45, 7) is 5.02. The second kappa shape index (κ2) is 12.7. The van der Waals surface area contributed by atoms with Crippen molar-refractivity contribution in [2.24, 2.45) is 11.7 Å². The maximum atomic E-state index is 13.1. The van der Waals surface area contributed by atoms with E-state index in [9.17, 15) is 19.2 Å². The maximum absolute atomic E-state index is 13.1. The summed E-state index contributed by atoms with van der Waals surface area (Å²) < 4.78 is 0. The average Bonchev–Trinajstić information content (AvgIpc) is 2.80. The van der Waals surface area contributed by atoms with Gasteiger partial charge in [0, 0.05) is 6.42 Å². The van der Waals surface area contributed by atoms with Crippen molar-refractivity contribution in [3.05, 3.63) is 48.0 Å². The van der Waals surface area contributed by atoms with Crippen LogP contribution in [0, 0.1) is 5.92 Å². The molecule has 0 fully saturated rings. The fourth-order valence-electron chi connectivity index (χ4n) is 3.48. The highest BCUT2D eigenvalue weighted by Gasteiger charge is 2.28. The zero-order valence-corrected chi connectivity index (χ0v) is 19.6. The molecule has 4 amide bonds. The predicted octanol–water partition coefficient (Wildman–Crippen LogP) is 0.367. The van der Waals surface area contributed by atoms with E-state index in [-0.39, 0.29) is 18.9 Å². The van der Waals surface area contributed by atoms with Crippen molar-refractivity contribution < 1.29 is 24.4 Å². The van der Waals surface area contributed by atoms with E-state index in [2.05, 4.69) is 16.0 Å².